The quantitative estimate of drug-likeness (QED) is 0.499. The molecule has 1 saturated carbocycles. The van der Waals surface area contributed by atoms with Crippen molar-refractivity contribution in [1.82, 2.24) is 10.6 Å². The molecule has 0 saturated heterocycles. The first kappa shape index (κ1) is 19.0. The summed E-state index contributed by atoms with van der Waals surface area (Å²) in [6.07, 6.45) is 9.45. The lowest BCUT2D eigenvalue weighted by Crippen LogP contribution is -2.39. The van der Waals surface area contributed by atoms with Gasteiger partial charge in [-0.2, -0.15) is 0 Å². The molecule has 0 aromatic rings. The zero-order chi connectivity index (χ0) is 16.5. The summed E-state index contributed by atoms with van der Waals surface area (Å²) in [6, 6.07) is 0. The largest absolute Gasteiger partial charge is 0.444 e. The van der Waals surface area contributed by atoms with Gasteiger partial charge in [0.15, 0.2) is 0 Å². The fourth-order valence-electron chi connectivity index (χ4n) is 2.74. The Bertz CT molecular complexity index is 355. The highest BCUT2D eigenvalue weighted by Crippen LogP contribution is 2.35. The third kappa shape index (κ3) is 7.80. The first-order valence-corrected chi connectivity index (χ1v) is 8.30. The first-order valence-electron chi connectivity index (χ1n) is 8.30. The van der Waals surface area contributed by atoms with Crippen molar-refractivity contribution in [3.63, 3.8) is 0 Å². The van der Waals surface area contributed by atoms with Crippen molar-refractivity contribution < 1.29 is 14.6 Å². The van der Waals surface area contributed by atoms with E-state index in [4.69, 9.17) is 4.74 Å². The Morgan fingerprint density at radius 3 is 2.41 bits per heavy atom. The highest BCUT2D eigenvalue weighted by Gasteiger charge is 2.30. The second kappa shape index (κ2) is 9.16. The predicted octanol–water partition coefficient (Wildman–Crippen LogP) is 2.60. The van der Waals surface area contributed by atoms with Gasteiger partial charge in [-0.25, -0.2) is 4.79 Å². The van der Waals surface area contributed by atoms with Gasteiger partial charge in [0, 0.05) is 31.7 Å². The van der Waals surface area contributed by atoms with E-state index in [9.17, 15) is 9.90 Å². The third-order valence-corrected chi connectivity index (χ3v) is 3.94. The Kier molecular flexibility index (Phi) is 7.90. The smallest absolute Gasteiger partial charge is 0.407 e. The molecule has 0 unspecified atom stereocenters. The van der Waals surface area contributed by atoms with Gasteiger partial charge in [0.2, 0.25) is 0 Å². The van der Waals surface area contributed by atoms with Crippen LogP contribution in [0.15, 0.2) is 12.2 Å². The molecule has 1 fully saturated rings. The maximum absolute atomic E-state index is 11.4. The Morgan fingerprint density at radius 1 is 1.18 bits per heavy atom. The van der Waals surface area contributed by atoms with Crippen molar-refractivity contribution >= 4 is 6.09 Å². The zero-order valence-corrected chi connectivity index (χ0v) is 14.3. The average molecular weight is 312 g/mol. The maximum atomic E-state index is 11.4. The van der Waals surface area contributed by atoms with E-state index in [0.29, 0.717) is 6.54 Å². The Morgan fingerprint density at radius 2 is 1.82 bits per heavy atom. The minimum Gasteiger partial charge on any atom is -0.444 e. The summed E-state index contributed by atoms with van der Waals surface area (Å²) in [5.41, 5.74) is -0.394. The van der Waals surface area contributed by atoms with Crippen molar-refractivity contribution in [2.45, 2.75) is 58.5 Å². The Labute approximate surface area is 134 Å². The van der Waals surface area contributed by atoms with Crippen LogP contribution in [0.25, 0.3) is 0 Å². The van der Waals surface area contributed by atoms with Crippen LogP contribution in [0.5, 0.6) is 0 Å². The van der Waals surface area contributed by atoms with E-state index >= 15 is 0 Å². The van der Waals surface area contributed by atoms with E-state index in [-0.39, 0.29) is 12.0 Å². The summed E-state index contributed by atoms with van der Waals surface area (Å²) in [7, 11) is 0. The number of carbonyl (C=O) groups is 1. The van der Waals surface area contributed by atoms with Gasteiger partial charge in [0.05, 0.1) is 0 Å². The molecule has 0 aliphatic heterocycles. The molecule has 0 aromatic carbocycles. The molecule has 0 bridgehead atoms. The zero-order valence-electron chi connectivity index (χ0n) is 14.3. The van der Waals surface area contributed by atoms with Crippen LogP contribution in [0.1, 0.15) is 52.9 Å². The van der Waals surface area contributed by atoms with Crippen LogP contribution >= 0.6 is 0 Å². The van der Waals surface area contributed by atoms with Crippen LogP contribution in [0.4, 0.5) is 4.79 Å². The summed E-state index contributed by atoms with van der Waals surface area (Å²) < 4.78 is 5.15. The molecule has 0 atom stereocenters. The van der Waals surface area contributed by atoms with Gasteiger partial charge in [-0.05, 0) is 33.6 Å². The monoisotopic (exact) mass is 312 g/mol. The van der Waals surface area contributed by atoms with Crippen LogP contribution in [0, 0.1) is 5.41 Å². The molecular formula is C17H32N2O3. The summed E-state index contributed by atoms with van der Waals surface area (Å²) in [6.45, 7) is 7.86. The molecule has 0 radical (unpaired) electrons. The van der Waals surface area contributed by atoms with Crippen molar-refractivity contribution in [3.05, 3.63) is 12.2 Å². The lowest BCUT2D eigenvalue weighted by molar-refractivity contribution is 0.0534. The van der Waals surface area contributed by atoms with Crippen LogP contribution in [-0.2, 0) is 4.74 Å². The molecule has 3 N–H and O–H groups in total. The van der Waals surface area contributed by atoms with E-state index < -0.39 is 11.7 Å². The first-order chi connectivity index (χ1) is 10.4. The molecule has 0 heterocycles. The molecular weight excluding hydrogens is 280 g/mol. The fraction of sp³-hybridized carbons (Fsp3) is 0.824. The lowest BCUT2D eigenvalue weighted by atomic mass is 9.74. The SMILES string of the molecule is CC(C)(C)OC(=O)NC/C=C/CNCC1(CO)CCCCC1. The van der Waals surface area contributed by atoms with Gasteiger partial charge in [0.25, 0.3) is 0 Å². The molecule has 1 aliphatic rings. The van der Waals surface area contributed by atoms with E-state index in [0.717, 1.165) is 25.9 Å². The minimum atomic E-state index is -0.464. The number of rotatable bonds is 7. The number of hydrogen-bond acceptors (Lipinski definition) is 4. The maximum Gasteiger partial charge on any atom is 0.407 e. The third-order valence-electron chi connectivity index (χ3n) is 3.94. The molecule has 1 aliphatic carbocycles. The second-order valence-corrected chi connectivity index (χ2v) is 7.20. The van der Waals surface area contributed by atoms with Gasteiger partial charge in [-0.1, -0.05) is 31.4 Å². The van der Waals surface area contributed by atoms with E-state index in [1.807, 2.05) is 32.9 Å². The normalized spacial score (nSPS) is 18.4. The number of amides is 1. The van der Waals surface area contributed by atoms with E-state index in [1.54, 1.807) is 0 Å². The summed E-state index contributed by atoms with van der Waals surface area (Å²) in [4.78, 5) is 11.4. The minimum absolute atomic E-state index is 0.0703. The molecule has 5 nitrogen and oxygen atoms in total. The summed E-state index contributed by atoms with van der Waals surface area (Å²) >= 11 is 0. The second-order valence-electron chi connectivity index (χ2n) is 7.20. The number of aliphatic hydroxyl groups is 1. The van der Waals surface area contributed by atoms with Crippen molar-refractivity contribution in [3.8, 4) is 0 Å². The molecule has 128 valence electrons. The van der Waals surface area contributed by atoms with Gasteiger partial charge in [-0.3, -0.25) is 0 Å². The highest BCUT2D eigenvalue weighted by molar-refractivity contribution is 5.67. The van der Waals surface area contributed by atoms with Crippen molar-refractivity contribution in [2.24, 2.45) is 5.41 Å². The molecule has 5 heteroatoms. The Hall–Kier alpha value is -1.07. The topological polar surface area (TPSA) is 70.6 Å². The van der Waals surface area contributed by atoms with Crippen LogP contribution in [0.3, 0.4) is 0 Å². The molecule has 0 aromatic heterocycles. The molecule has 1 rings (SSSR count). The van der Waals surface area contributed by atoms with E-state index in [1.165, 1.54) is 19.3 Å². The molecule has 22 heavy (non-hydrogen) atoms. The van der Waals surface area contributed by atoms with Crippen LogP contribution in [-0.4, -0.2) is 43.0 Å². The van der Waals surface area contributed by atoms with Crippen molar-refractivity contribution in [2.75, 3.05) is 26.2 Å². The van der Waals surface area contributed by atoms with Gasteiger partial charge >= 0.3 is 6.09 Å². The number of carbonyl (C=O) groups excluding carboxylic acids is 1. The van der Waals surface area contributed by atoms with Crippen LogP contribution < -0.4 is 10.6 Å². The number of alkyl carbamates (subject to hydrolysis) is 1. The molecule has 1 amide bonds. The summed E-state index contributed by atoms with van der Waals surface area (Å²) in [5.74, 6) is 0. The lowest BCUT2D eigenvalue weighted by Gasteiger charge is -2.35. The number of ether oxygens (including phenoxy) is 1. The Balaban J connectivity index is 2.12. The fourth-order valence-corrected chi connectivity index (χ4v) is 2.74. The van der Waals surface area contributed by atoms with E-state index in [2.05, 4.69) is 10.6 Å². The molecule has 0 spiro atoms. The number of nitrogens with one attached hydrogen (secondary N) is 2. The van der Waals surface area contributed by atoms with Crippen molar-refractivity contribution in [1.29, 1.82) is 0 Å². The highest BCUT2D eigenvalue weighted by atomic mass is 16.6. The standard InChI is InChI=1S/C17H32N2O3/c1-16(2,3)22-15(21)19-12-8-7-11-18-13-17(14-20)9-5-4-6-10-17/h7-8,18,20H,4-6,9-14H2,1-3H3,(H,19,21)/b8-7+. The average Bonchev–Trinajstić information content (AvgIpc) is 2.45. The van der Waals surface area contributed by atoms with Gasteiger partial charge in [-0.15, -0.1) is 0 Å². The van der Waals surface area contributed by atoms with Crippen LogP contribution in [0.2, 0.25) is 0 Å². The number of hydrogen-bond donors (Lipinski definition) is 3. The van der Waals surface area contributed by atoms with Gasteiger partial charge < -0.3 is 20.5 Å². The van der Waals surface area contributed by atoms with Gasteiger partial charge in [0.1, 0.15) is 5.60 Å². The summed E-state index contributed by atoms with van der Waals surface area (Å²) in [5, 5.41) is 15.7. The predicted molar refractivity (Wildman–Crippen MR) is 88.9 cm³/mol. The number of aliphatic hydroxyl groups excluding tert-OH is 1.